The van der Waals surface area contributed by atoms with Gasteiger partial charge in [0.1, 0.15) is 11.4 Å². The van der Waals surface area contributed by atoms with Crippen LogP contribution in [0, 0.1) is 5.82 Å². The van der Waals surface area contributed by atoms with Crippen LogP contribution in [0.1, 0.15) is 12.5 Å². The Morgan fingerprint density at radius 3 is 2.47 bits per heavy atom. The van der Waals surface area contributed by atoms with Crippen molar-refractivity contribution in [3.8, 4) is 0 Å². The Balaban J connectivity index is 2.18. The van der Waals surface area contributed by atoms with Gasteiger partial charge in [0.25, 0.3) is 0 Å². The molecule has 1 fully saturated rings. The first kappa shape index (κ1) is 14.0. The predicted octanol–water partition coefficient (Wildman–Crippen LogP) is 0.517. The highest BCUT2D eigenvalue weighted by atomic mass is 19.1. The highest BCUT2D eigenvalue weighted by Crippen LogP contribution is 2.21. The van der Waals surface area contributed by atoms with E-state index in [0.717, 1.165) is 31.7 Å². The topological polar surface area (TPSA) is 58.4 Å². The average Bonchev–Trinajstić information content (AvgIpc) is 2.42. The number of piperazine rings is 1. The lowest BCUT2D eigenvalue weighted by molar-refractivity contribution is -0.129. The van der Waals surface area contributed by atoms with E-state index in [0.29, 0.717) is 6.42 Å². The van der Waals surface area contributed by atoms with Gasteiger partial charge < -0.3 is 11.1 Å². The summed E-state index contributed by atoms with van der Waals surface area (Å²) in [7, 11) is 0. The standard InChI is InChI=1S/C14H20FN3O/c1-14(13(16)19,18-8-6-17-7-9-18)10-11-2-4-12(15)5-3-11/h2-5,17H,6-10H2,1H3,(H2,16,19). The summed E-state index contributed by atoms with van der Waals surface area (Å²) in [6.07, 6.45) is 0.503. The Hall–Kier alpha value is -1.46. The van der Waals surface area contributed by atoms with Crippen LogP contribution in [-0.4, -0.2) is 42.5 Å². The number of hydrogen-bond donors (Lipinski definition) is 2. The SMILES string of the molecule is CC(Cc1ccc(F)cc1)(C(N)=O)N1CCNCC1. The van der Waals surface area contributed by atoms with Crippen molar-refractivity contribution in [3.63, 3.8) is 0 Å². The molecule has 1 heterocycles. The molecule has 1 amide bonds. The number of primary amides is 1. The number of benzene rings is 1. The molecule has 104 valence electrons. The van der Waals surface area contributed by atoms with E-state index in [1.165, 1.54) is 12.1 Å². The second-order valence-corrected chi connectivity index (χ2v) is 5.18. The summed E-state index contributed by atoms with van der Waals surface area (Å²) in [5.41, 5.74) is 5.80. The fraction of sp³-hybridized carbons (Fsp3) is 0.500. The molecule has 0 saturated carbocycles. The Morgan fingerprint density at radius 2 is 1.95 bits per heavy atom. The highest BCUT2D eigenvalue weighted by Gasteiger charge is 2.38. The van der Waals surface area contributed by atoms with Crippen LogP contribution >= 0.6 is 0 Å². The van der Waals surface area contributed by atoms with E-state index < -0.39 is 5.54 Å². The number of nitrogens with two attached hydrogens (primary N) is 1. The number of rotatable bonds is 4. The molecule has 2 rings (SSSR count). The van der Waals surface area contributed by atoms with Gasteiger partial charge in [-0.05, 0) is 31.0 Å². The average molecular weight is 265 g/mol. The van der Waals surface area contributed by atoms with E-state index in [4.69, 9.17) is 5.73 Å². The van der Waals surface area contributed by atoms with Crippen molar-refractivity contribution >= 4 is 5.91 Å². The lowest BCUT2D eigenvalue weighted by Gasteiger charge is -2.41. The molecule has 1 aromatic carbocycles. The number of nitrogens with one attached hydrogen (secondary N) is 1. The molecule has 3 N–H and O–H groups in total. The summed E-state index contributed by atoms with van der Waals surface area (Å²) < 4.78 is 12.9. The predicted molar refractivity (Wildman–Crippen MR) is 72.1 cm³/mol. The second kappa shape index (κ2) is 5.67. The molecule has 0 aliphatic carbocycles. The summed E-state index contributed by atoms with van der Waals surface area (Å²) in [6.45, 7) is 5.16. The minimum Gasteiger partial charge on any atom is -0.368 e. The third-order valence-electron chi connectivity index (χ3n) is 3.81. The normalized spacial score (nSPS) is 19.9. The molecule has 1 aromatic rings. The molecular formula is C14H20FN3O. The van der Waals surface area contributed by atoms with Crippen molar-refractivity contribution in [3.05, 3.63) is 35.6 Å². The van der Waals surface area contributed by atoms with Crippen LogP contribution in [0.15, 0.2) is 24.3 Å². The largest absolute Gasteiger partial charge is 0.368 e. The number of nitrogens with zero attached hydrogens (tertiary/aromatic N) is 1. The molecule has 1 saturated heterocycles. The number of amides is 1. The maximum Gasteiger partial charge on any atom is 0.238 e. The minimum absolute atomic E-state index is 0.272. The molecule has 1 aliphatic rings. The van der Waals surface area contributed by atoms with Gasteiger partial charge in [0, 0.05) is 26.2 Å². The molecule has 0 spiro atoms. The lowest BCUT2D eigenvalue weighted by atomic mass is 9.89. The zero-order valence-corrected chi connectivity index (χ0v) is 11.2. The first-order valence-electron chi connectivity index (χ1n) is 6.52. The number of hydrogen-bond acceptors (Lipinski definition) is 3. The molecule has 0 bridgehead atoms. The summed E-state index contributed by atoms with van der Waals surface area (Å²) in [5.74, 6) is -0.606. The van der Waals surface area contributed by atoms with E-state index in [-0.39, 0.29) is 11.7 Å². The van der Waals surface area contributed by atoms with Crippen LogP contribution in [0.3, 0.4) is 0 Å². The fourth-order valence-corrected chi connectivity index (χ4v) is 2.51. The fourth-order valence-electron chi connectivity index (χ4n) is 2.51. The number of halogens is 1. The van der Waals surface area contributed by atoms with Gasteiger partial charge in [0.2, 0.25) is 5.91 Å². The molecule has 0 aromatic heterocycles. The van der Waals surface area contributed by atoms with E-state index >= 15 is 0 Å². The monoisotopic (exact) mass is 265 g/mol. The lowest BCUT2D eigenvalue weighted by Crippen LogP contribution is -2.61. The van der Waals surface area contributed by atoms with Crippen molar-refractivity contribution in [2.75, 3.05) is 26.2 Å². The van der Waals surface area contributed by atoms with Crippen molar-refractivity contribution in [1.82, 2.24) is 10.2 Å². The summed E-state index contributed by atoms with van der Waals surface area (Å²) in [5, 5.41) is 3.25. The first-order chi connectivity index (χ1) is 9.02. The Labute approximate surface area is 112 Å². The van der Waals surface area contributed by atoms with Crippen molar-refractivity contribution in [1.29, 1.82) is 0 Å². The van der Waals surface area contributed by atoms with Gasteiger partial charge in [-0.1, -0.05) is 12.1 Å². The van der Waals surface area contributed by atoms with E-state index in [1.54, 1.807) is 12.1 Å². The first-order valence-corrected chi connectivity index (χ1v) is 6.52. The van der Waals surface area contributed by atoms with Gasteiger partial charge in [0.05, 0.1) is 0 Å². The molecule has 4 nitrogen and oxygen atoms in total. The van der Waals surface area contributed by atoms with Gasteiger partial charge in [-0.15, -0.1) is 0 Å². The van der Waals surface area contributed by atoms with Crippen LogP contribution in [0.5, 0.6) is 0 Å². The van der Waals surface area contributed by atoms with Gasteiger partial charge in [-0.2, -0.15) is 0 Å². The molecule has 0 radical (unpaired) electrons. The Morgan fingerprint density at radius 1 is 1.37 bits per heavy atom. The molecule has 1 atom stereocenters. The van der Waals surface area contributed by atoms with Crippen LogP contribution in [0.2, 0.25) is 0 Å². The molecule has 5 heteroatoms. The second-order valence-electron chi connectivity index (χ2n) is 5.18. The zero-order valence-electron chi connectivity index (χ0n) is 11.2. The van der Waals surface area contributed by atoms with Gasteiger partial charge >= 0.3 is 0 Å². The number of carbonyl (C=O) groups excluding carboxylic acids is 1. The third kappa shape index (κ3) is 3.11. The van der Waals surface area contributed by atoms with E-state index in [9.17, 15) is 9.18 Å². The van der Waals surface area contributed by atoms with E-state index in [1.807, 2.05) is 6.92 Å². The highest BCUT2D eigenvalue weighted by molar-refractivity contribution is 5.84. The smallest absolute Gasteiger partial charge is 0.238 e. The van der Waals surface area contributed by atoms with Crippen LogP contribution in [0.4, 0.5) is 4.39 Å². The van der Waals surface area contributed by atoms with E-state index in [2.05, 4.69) is 10.2 Å². The molecular weight excluding hydrogens is 245 g/mol. The quantitative estimate of drug-likeness (QED) is 0.834. The molecule has 1 aliphatic heterocycles. The Bertz CT molecular complexity index is 443. The Kier molecular flexibility index (Phi) is 4.17. The molecule has 19 heavy (non-hydrogen) atoms. The number of carbonyl (C=O) groups is 1. The minimum atomic E-state index is -0.722. The van der Waals surface area contributed by atoms with Crippen LogP contribution in [0.25, 0.3) is 0 Å². The summed E-state index contributed by atoms with van der Waals surface area (Å²) >= 11 is 0. The van der Waals surface area contributed by atoms with Crippen molar-refractivity contribution in [2.45, 2.75) is 18.9 Å². The van der Waals surface area contributed by atoms with Gasteiger partial charge in [-0.25, -0.2) is 4.39 Å². The third-order valence-corrected chi connectivity index (χ3v) is 3.81. The summed E-state index contributed by atoms with van der Waals surface area (Å²) in [4.78, 5) is 14.0. The zero-order chi connectivity index (χ0) is 13.9. The summed E-state index contributed by atoms with van der Waals surface area (Å²) in [6, 6.07) is 6.24. The van der Waals surface area contributed by atoms with Crippen LogP contribution < -0.4 is 11.1 Å². The van der Waals surface area contributed by atoms with Crippen molar-refractivity contribution in [2.24, 2.45) is 5.73 Å². The molecule has 1 unspecified atom stereocenters. The van der Waals surface area contributed by atoms with Gasteiger partial charge in [-0.3, -0.25) is 9.69 Å². The maximum atomic E-state index is 12.9. The van der Waals surface area contributed by atoms with Crippen LogP contribution in [-0.2, 0) is 11.2 Å². The van der Waals surface area contributed by atoms with Crippen molar-refractivity contribution < 1.29 is 9.18 Å². The van der Waals surface area contributed by atoms with Gasteiger partial charge in [0.15, 0.2) is 0 Å². The maximum absolute atomic E-state index is 12.9.